The summed E-state index contributed by atoms with van der Waals surface area (Å²) >= 11 is 0. The summed E-state index contributed by atoms with van der Waals surface area (Å²) in [6.45, 7) is 0. The van der Waals surface area contributed by atoms with Crippen molar-refractivity contribution in [3.05, 3.63) is 58.1 Å². The summed E-state index contributed by atoms with van der Waals surface area (Å²) in [4.78, 5) is 30.7. The van der Waals surface area contributed by atoms with Crippen molar-refractivity contribution < 1.29 is 4.79 Å². The zero-order valence-corrected chi connectivity index (χ0v) is 13.8. The van der Waals surface area contributed by atoms with E-state index in [9.17, 15) is 9.59 Å². The largest absolute Gasteiger partial charge is 0.369 e. The standard InChI is InChI=1S/C18H19N5O2/c1-23-9-13(12-4-2-3-5-15(12)23)17(25)20-11-6-10(7-11)14-8-16(24)22-18(19)21-14/h2-5,8-11H,6-7H2,1H3,(H,20,25)(H3,19,21,22,24). The Balaban J connectivity index is 1.45. The van der Waals surface area contributed by atoms with E-state index in [0.29, 0.717) is 11.3 Å². The van der Waals surface area contributed by atoms with Gasteiger partial charge in [0, 0.05) is 42.2 Å². The second-order valence-corrected chi connectivity index (χ2v) is 6.57. The van der Waals surface area contributed by atoms with E-state index in [2.05, 4.69) is 15.3 Å². The average molecular weight is 337 g/mol. The highest BCUT2D eigenvalue weighted by atomic mass is 16.1. The maximum absolute atomic E-state index is 12.6. The average Bonchev–Trinajstić information content (AvgIpc) is 2.87. The molecule has 1 aliphatic carbocycles. The number of fused-ring (bicyclic) bond motifs is 1. The summed E-state index contributed by atoms with van der Waals surface area (Å²) in [7, 11) is 1.93. The number of aromatic amines is 1. The minimum Gasteiger partial charge on any atom is -0.369 e. The van der Waals surface area contributed by atoms with Gasteiger partial charge in [0.25, 0.3) is 11.5 Å². The molecule has 7 nitrogen and oxygen atoms in total. The fourth-order valence-electron chi connectivity index (χ4n) is 3.47. The van der Waals surface area contributed by atoms with Gasteiger partial charge < -0.3 is 15.6 Å². The predicted molar refractivity (Wildman–Crippen MR) is 95.4 cm³/mol. The molecule has 7 heteroatoms. The van der Waals surface area contributed by atoms with Crippen molar-refractivity contribution in [2.24, 2.45) is 7.05 Å². The van der Waals surface area contributed by atoms with Crippen molar-refractivity contribution in [2.45, 2.75) is 24.8 Å². The lowest BCUT2D eigenvalue weighted by atomic mass is 9.78. The fourth-order valence-corrected chi connectivity index (χ4v) is 3.47. The van der Waals surface area contributed by atoms with Crippen molar-refractivity contribution in [3.63, 3.8) is 0 Å². The third-order valence-electron chi connectivity index (χ3n) is 4.81. The molecule has 25 heavy (non-hydrogen) atoms. The molecular formula is C18H19N5O2. The van der Waals surface area contributed by atoms with Crippen molar-refractivity contribution >= 4 is 22.8 Å². The summed E-state index contributed by atoms with van der Waals surface area (Å²) in [5.41, 5.74) is 7.74. The smallest absolute Gasteiger partial charge is 0.253 e. The van der Waals surface area contributed by atoms with E-state index in [1.807, 2.05) is 42.1 Å². The van der Waals surface area contributed by atoms with Crippen molar-refractivity contribution in [1.29, 1.82) is 0 Å². The number of aromatic nitrogens is 3. The van der Waals surface area contributed by atoms with Gasteiger partial charge >= 0.3 is 0 Å². The zero-order valence-electron chi connectivity index (χ0n) is 13.8. The number of nitrogens with two attached hydrogens (primary N) is 1. The number of hydrogen-bond acceptors (Lipinski definition) is 4. The number of H-pyrrole nitrogens is 1. The van der Waals surface area contributed by atoms with Crippen LogP contribution in [0.25, 0.3) is 10.9 Å². The molecule has 1 aliphatic rings. The first kappa shape index (κ1) is 15.4. The van der Waals surface area contributed by atoms with E-state index in [1.54, 1.807) is 0 Å². The zero-order chi connectivity index (χ0) is 17.6. The summed E-state index contributed by atoms with van der Waals surface area (Å²) in [5.74, 6) is 0.215. The second-order valence-electron chi connectivity index (χ2n) is 6.57. The highest BCUT2D eigenvalue weighted by molar-refractivity contribution is 6.07. The molecule has 4 rings (SSSR count). The van der Waals surface area contributed by atoms with Crippen molar-refractivity contribution in [3.8, 4) is 0 Å². The quantitative estimate of drug-likeness (QED) is 0.674. The van der Waals surface area contributed by atoms with Gasteiger partial charge in [0.05, 0.1) is 11.3 Å². The summed E-state index contributed by atoms with van der Waals surface area (Å²) in [5, 5.41) is 4.02. The number of nitrogens with one attached hydrogen (secondary N) is 2. The highest BCUT2D eigenvalue weighted by Gasteiger charge is 2.33. The number of amides is 1. The molecule has 0 saturated heterocycles. The van der Waals surface area contributed by atoms with Gasteiger partial charge in [0.15, 0.2) is 0 Å². The molecule has 0 spiro atoms. The number of benzene rings is 1. The first-order valence-corrected chi connectivity index (χ1v) is 8.23. The number of nitrogens with zero attached hydrogens (tertiary/aromatic N) is 2. The molecule has 1 aromatic carbocycles. The Kier molecular flexibility index (Phi) is 3.56. The number of aryl methyl sites for hydroxylation is 1. The number of carbonyl (C=O) groups is 1. The Bertz CT molecular complexity index is 1010. The Morgan fingerprint density at radius 3 is 2.88 bits per heavy atom. The van der Waals surface area contributed by atoms with Crippen LogP contribution in [0, 0.1) is 0 Å². The first-order valence-electron chi connectivity index (χ1n) is 8.23. The van der Waals surface area contributed by atoms with Crippen molar-refractivity contribution in [2.75, 3.05) is 5.73 Å². The maximum Gasteiger partial charge on any atom is 0.253 e. The van der Waals surface area contributed by atoms with Gasteiger partial charge in [-0.3, -0.25) is 14.6 Å². The number of para-hydroxylation sites is 1. The molecule has 4 N–H and O–H groups in total. The molecule has 2 heterocycles. The first-order chi connectivity index (χ1) is 12.0. The number of nitrogen functional groups attached to an aromatic ring is 1. The molecule has 1 fully saturated rings. The van der Waals surface area contributed by atoms with Gasteiger partial charge in [-0.1, -0.05) is 18.2 Å². The van der Waals surface area contributed by atoms with Crippen LogP contribution in [0.2, 0.25) is 0 Å². The molecule has 0 unspecified atom stereocenters. The van der Waals surface area contributed by atoms with E-state index >= 15 is 0 Å². The third-order valence-corrected chi connectivity index (χ3v) is 4.81. The molecule has 0 atom stereocenters. The van der Waals surface area contributed by atoms with Crippen LogP contribution < -0.4 is 16.6 Å². The van der Waals surface area contributed by atoms with Gasteiger partial charge in [-0.2, -0.15) is 0 Å². The predicted octanol–water partition coefficient (Wildman–Crippen LogP) is 1.52. The minimum absolute atomic E-state index is 0.0707. The Labute approximate surface area is 143 Å². The fraction of sp³-hybridized carbons (Fsp3) is 0.278. The number of carbonyl (C=O) groups excluding carboxylic acids is 1. The van der Waals surface area contributed by atoms with Crippen LogP contribution in [-0.4, -0.2) is 26.5 Å². The van der Waals surface area contributed by atoms with Crippen LogP contribution in [0.15, 0.2) is 41.3 Å². The molecule has 0 aliphatic heterocycles. The maximum atomic E-state index is 12.6. The Morgan fingerprint density at radius 1 is 1.36 bits per heavy atom. The van der Waals surface area contributed by atoms with Crippen LogP contribution in [0.1, 0.15) is 34.8 Å². The third kappa shape index (κ3) is 2.77. The normalized spacial score (nSPS) is 19.6. The monoisotopic (exact) mass is 337 g/mol. The van der Waals surface area contributed by atoms with E-state index in [0.717, 1.165) is 23.7 Å². The van der Waals surface area contributed by atoms with E-state index < -0.39 is 0 Å². The van der Waals surface area contributed by atoms with Crippen molar-refractivity contribution in [1.82, 2.24) is 19.9 Å². The molecule has 128 valence electrons. The topological polar surface area (TPSA) is 106 Å². The Hall–Kier alpha value is -3.09. The van der Waals surface area contributed by atoms with Gasteiger partial charge in [0.2, 0.25) is 5.95 Å². The number of hydrogen-bond donors (Lipinski definition) is 3. The SMILES string of the molecule is Cn1cc(C(=O)NC2CC(c3cc(=O)[nH]c(N)n3)C2)c2ccccc21. The number of rotatable bonds is 3. The molecule has 1 amide bonds. The van der Waals surface area contributed by atoms with E-state index in [-0.39, 0.29) is 29.4 Å². The molecule has 3 aromatic rings. The lowest BCUT2D eigenvalue weighted by Gasteiger charge is -2.35. The van der Waals surface area contributed by atoms with Crippen LogP contribution in [-0.2, 0) is 7.05 Å². The summed E-state index contributed by atoms with van der Waals surface area (Å²) in [6.07, 6.45) is 3.37. The lowest BCUT2D eigenvalue weighted by Crippen LogP contribution is -2.43. The van der Waals surface area contributed by atoms with Gasteiger partial charge in [-0.25, -0.2) is 4.98 Å². The van der Waals surface area contributed by atoms with Gasteiger partial charge in [0.1, 0.15) is 0 Å². The van der Waals surface area contributed by atoms with Crippen LogP contribution in [0.5, 0.6) is 0 Å². The molecule has 0 bridgehead atoms. The lowest BCUT2D eigenvalue weighted by molar-refractivity contribution is 0.0909. The number of anilines is 1. The molecule has 2 aromatic heterocycles. The summed E-state index contributed by atoms with van der Waals surface area (Å²) < 4.78 is 1.96. The van der Waals surface area contributed by atoms with Gasteiger partial charge in [-0.15, -0.1) is 0 Å². The van der Waals surface area contributed by atoms with Crippen LogP contribution in [0.4, 0.5) is 5.95 Å². The highest BCUT2D eigenvalue weighted by Crippen LogP contribution is 2.35. The van der Waals surface area contributed by atoms with Crippen LogP contribution >= 0.6 is 0 Å². The minimum atomic E-state index is -0.245. The summed E-state index contributed by atoms with van der Waals surface area (Å²) in [6, 6.07) is 9.40. The Morgan fingerprint density at radius 2 is 2.12 bits per heavy atom. The second kappa shape index (κ2) is 5.77. The van der Waals surface area contributed by atoms with E-state index in [4.69, 9.17) is 5.73 Å². The van der Waals surface area contributed by atoms with Crippen LogP contribution in [0.3, 0.4) is 0 Å². The van der Waals surface area contributed by atoms with Gasteiger partial charge in [-0.05, 0) is 18.9 Å². The van der Waals surface area contributed by atoms with E-state index in [1.165, 1.54) is 6.07 Å². The molecule has 0 radical (unpaired) electrons. The molecular weight excluding hydrogens is 318 g/mol. The molecule has 1 saturated carbocycles.